The number of carbonyl (C=O) groups excluding carboxylic acids is 1. The quantitative estimate of drug-likeness (QED) is 0.676. The van der Waals surface area contributed by atoms with Gasteiger partial charge in [-0.1, -0.05) is 36.4 Å². The molecule has 1 aliphatic rings. The number of rotatable bonds is 2. The smallest absolute Gasteiger partial charge is 0.278 e. The molecule has 2 heterocycles. The number of para-hydroxylation sites is 1. The van der Waals surface area contributed by atoms with Crippen molar-refractivity contribution in [3.05, 3.63) is 65.9 Å². The molecule has 25 heavy (non-hydrogen) atoms. The number of carbonyl (C=O) groups is 1. The van der Waals surface area contributed by atoms with E-state index < -0.39 is 0 Å². The number of nitrogens with zero attached hydrogens (tertiary/aromatic N) is 4. The van der Waals surface area contributed by atoms with Gasteiger partial charge in [0, 0.05) is 30.0 Å². The first-order valence-corrected chi connectivity index (χ1v) is 8.50. The first-order chi connectivity index (χ1) is 12.3. The minimum absolute atomic E-state index is 0.113. The van der Waals surface area contributed by atoms with Crippen LogP contribution in [0.25, 0.3) is 10.9 Å². The van der Waals surface area contributed by atoms with Crippen LogP contribution >= 0.6 is 0 Å². The van der Waals surface area contributed by atoms with Crippen LogP contribution in [0.3, 0.4) is 0 Å². The number of piperidine rings is 1. The maximum atomic E-state index is 12.9. The number of benzene rings is 2. The molecule has 0 unspecified atom stereocenters. The second-order valence-corrected chi connectivity index (χ2v) is 6.35. The van der Waals surface area contributed by atoms with Gasteiger partial charge in [-0.25, -0.2) is 0 Å². The van der Waals surface area contributed by atoms with E-state index in [4.69, 9.17) is 10.4 Å². The van der Waals surface area contributed by atoms with Crippen LogP contribution < -0.4 is 0 Å². The van der Waals surface area contributed by atoms with E-state index in [1.54, 1.807) is 4.90 Å². The molecule has 5 nitrogen and oxygen atoms in total. The summed E-state index contributed by atoms with van der Waals surface area (Å²) >= 11 is 0. The Bertz CT molecular complexity index is 947. The van der Waals surface area contributed by atoms with Gasteiger partial charge in [-0.2, -0.15) is 15.0 Å². The minimum atomic E-state index is -0.113. The van der Waals surface area contributed by atoms with Gasteiger partial charge in [-0.15, -0.1) is 0 Å². The zero-order valence-electron chi connectivity index (χ0n) is 13.8. The predicted molar refractivity (Wildman–Crippen MR) is 95.1 cm³/mol. The molecule has 1 aromatic heterocycles. The van der Waals surface area contributed by atoms with Gasteiger partial charge in [-0.3, -0.25) is 4.79 Å². The third-order valence-electron chi connectivity index (χ3n) is 4.85. The van der Waals surface area contributed by atoms with E-state index in [1.807, 2.05) is 54.6 Å². The minimum Gasteiger partial charge on any atom is -0.311 e. The first-order valence-electron chi connectivity index (χ1n) is 8.50. The zero-order valence-corrected chi connectivity index (χ0v) is 13.8. The Morgan fingerprint density at radius 1 is 1.04 bits per heavy atom. The molecule has 2 aromatic carbocycles. The Hall–Kier alpha value is -3.13. The lowest BCUT2D eigenvalue weighted by Gasteiger charge is -2.27. The molecule has 124 valence electrons. The maximum absolute atomic E-state index is 12.9. The van der Waals surface area contributed by atoms with Crippen molar-refractivity contribution in [3.63, 3.8) is 0 Å². The van der Waals surface area contributed by atoms with E-state index in [-0.39, 0.29) is 11.8 Å². The lowest BCUT2D eigenvalue weighted by Crippen LogP contribution is -2.29. The summed E-state index contributed by atoms with van der Waals surface area (Å²) < 4.78 is 1.52. The van der Waals surface area contributed by atoms with Gasteiger partial charge in [-0.05, 0) is 31.0 Å². The van der Waals surface area contributed by atoms with Gasteiger partial charge in [0.15, 0.2) is 6.19 Å². The number of fused-ring (bicyclic) bond motifs is 1. The Balaban J connectivity index is 1.75. The maximum Gasteiger partial charge on any atom is 0.278 e. The number of hydrogen-bond donors (Lipinski definition) is 0. The van der Waals surface area contributed by atoms with E-state index >= 15 is 0 Å². The molecule has 0 atom stereocenters. The molecule has 0 aliphatic carbocycles. The summed E-state index contributed by atoms with van der Waals surface area (Å²) in [7, 11) is 0. The second-order valence-electron chi connectivity index (χ2n) is 6.35. The molecular formula is C20H18N4O. The monoisotopic (exact) mass is 330 g/mol. The van der Waals surface area contributed by atoms with E-state index in [1.165, 1.54) is 4.68 Å². The lowest BCUT2D eigenvalue weighted by molar-refractivity contribution is 0.0949. The van der Waals surface area contributed by atoms with Crippen LogP contribution in [0.5, 0.6) is 0 Å². The SMILES string of the molecule is N#CN1CCC(c2nn(C(=O)c3ccccc3)c3ccccc23)CC1. The number of aromatic nitrogens is 2. The summed E-state index contributed by atoms with van der Waals surface area (Å²) in [5.41, 5.74) is 2.44. The normalized spacial score (nSPS) is 15.2. The fourth-order valence-corrected chi connectivity index (χ4v) is 3.50. The standard InChI is InChI=1S/C20H18N4O/c21-14-23-12-10-15(11-13-23)19-17-8-4-5-9-18(17)24(22-19)20(25)16-6-2-1-3-7-16/h1-9,15H,10-13H2. The van der Waals surface area contributed by atoms with Crippen molar-refractivity contribution in [3.8, 4) is 6.19 Å². The molecule has 5 heteroatoms. The van der Waals surface area contributed by atoms with Crippen LogP contribution in [0.4, 0.5) is 0 Å². The third-order valence-corrected chi connectivity index (χ3v) is 4.85. The highest BCUT2D eigenvalue weighted by Crippen LogP contribution is 2.32. The topological polar surface area (TPSA) is 61.9 Å². The number of likely N-dealkylation sites (tertiary alicyclic amines) is 1. The predicted octanol–water partition coefficient (Wildman–Crippen LogP) is 3.39. The molecule has 0 amide bonds. The van der Waals surface area contributed by atoms with Crippen LogP contribution in [0.2, 0.25) is 0 Å². The van der Waals surface area contributed by atoms with Crippen LogP contribution in [0.1, 0.15) is 34.8 Å². The molecule has 0 N–H and O–H groups in total. The first kappa shape index (κ1) is 15.4. The lowest BCUT2D eigenvalue weighted by atomic mass is 9.92. The highest BCUT2D eigenvalue weighted by atomic mass is 16.2. The van der Waals surface area contributed by atoms with Crippen LogP contribution in [-0.4, -0.2) is 33.7 Å². The second kappa shape index (κ2) is 6.40. The zero-order chi connectivity index (χ0) is 17.2. The van der Waals surface area contributed by atoms with Crippen molar-refractivity contribution in [1.82, 2.24) is 14.7 Å². The summed E-state index contributed by atoms with van der Waals surface area (Å²) in [6.07, 6.45) is 3.98. The van der Waals surface area contributed by atoms with Crippen molar-refractivity contribution >= 4 is 16.8 Å². The molecular weight excluding hydrogens is 312 g/mol. The summed E-state index contributed by atoms with van der Waals surface area (Å²) in [4.78, 5) is 14.7. The molecule has 1 saturated heterocycles. The van der Waals surface area contributed by atoms with E-state index in [9.17, 15) is 4.79 Å². The highest BCUT2D eigenvalue weighted by Gasteiger charge is 2.26. The molecule has 1 fully saturated rings. The van der Waals surface area contributed by atoms with Gasteiger partial charge in [0.1, 0.15) is 0 Å². The van der Waals surface area contributed by atoms with Crippen molar-refractivity contribution in [2.24, 2.45) is 0 Å². The van der Waals surface area contributed by atoms with Crippen molar-refractivity contribution in [2.75, 3.05) is 13.1 Å². The summed E-state index contributed by atoms with van der Waals surface area (Å²) in [6, 6.07) is 17.1. The molecule has 1 aliphatic heterocycles. The Kier molecular flexibility index (Phi) is 3.95. The van der Waals surface area contributed by atoms with Gasteiger partial charge in [0.25, 0.3) is 5.91 Å². The Morgan fingerprint density at radius 2 is 1.72 bits per heavy atom. The average Bonchev–Trinajstić information content (AvgIpc) is 3.08. The van der Waals surface area contributed by atoms with Crippen molar-refractivity contribution in [1.29, 1.82) is 5.26 Å². The van der Waals surface area contributed by atoms with Gasteiger partial charge in [0.05, 0.1) is 11.2 Å². The summed E-state index contributed by atoms with van der Waals surface area (Å²) in [6.45, 7) is 1.49. The van der Waals surface area contributed by atoms with Gasteiger partial charge >= 0.3 is 0 Å². The number of hydrogen-bond acceptors (Lipinski definition) is 4. The third kappa shape index (κ3) is 2.76. The fraction of sp³-hybridized carbons (Fsp3) is 0.250. The highest BCUT2D eigenvalue weighted by molar-refractivity contribution is 6.01. The van der Waals surface area contributed by atoms with E-state index in [2.05, 4.69) is 6.19 Å². The fourth-order valence-electron chi connectivity index (χ4n) is 3.50. The van der Waals surface area contributed by atoms with Crippen molar-refractivity contribution < 1.29 is 4.79 Å². The number of nitriles is 1. The summed E-state index contributed by atoms with van der Waals surface area (Å²) in [5, 5.41) is 14.8. The van der Waals surface area contributed by atoms with Gasteiger partial charge < -0.3 is 4.90 Å². The van der Waals surface area contributed by atoms with E-state index in [0.717, 1.165) is 42.5 Å². The van der Waals surface area contributed by atoms with Gasteiger partial charge in [0.2, 0.25) is 0 Å². The summed E-state index contributed by atoms with van der Waals surface area (Å²) in [5.74, 6) is 0.164. The molecule has 3 aromatic rings. The molecule has 0 spiro atoms. The van der Waals surface area contributed by atoms with Crippen LogP contribution in [0, 0.1) is 11.5 Å². The van der Waals surface area contributed by atoms with Crippen LogP contribution in [-0.2, 0) is 0 Å². The Morgan fingerprint density at radius 3 is 2.44 bits per heavy atom. The molecule has 0 radical (unpaired) electrons. The Labute approximate surface area is 146 Å². The molecule has 0 bridgehead atoms. The van der Waals surface area contributed by atoms with E-state index in [0.29, 0.717) is 5.56 Å². The van der Waals surface area contributed by atoms with Crippen molar-refractivity contribution in [2.45, 2.75) is 18.8 Å². The molecule has 4 rings (SSSR count). The average molecular weight is 330 g/mol. The largest absolute Gasteiger partial charge is 0.311 e. The molecule has 0 saturated carbocycles. The van der Waals surface area contributed by atoms with Crippen LogP contribution in [0.15, 0.2) is 54.6 Å².